The molecule has 14 heteroatoms. The largest absolute Gasteiger partial charge is 0.623 e. The first-order valence-corrected chi connectivity index (χ1v) is 13.9. The molecule has 4 rings (SSSR count). The van der Waals surface area contributed by atoms with Crippen LogP contribution in [-0.2, 0) is 9.47 Å². The van der Waals surface area contributed by atoms with Gasteiger partial charge in [0.1, 0.15) is 13.2 Å². The van der Waals surface area contributed by atoms with E-state index in [0.29, 0.717) is 16.6 Å². The van der Waals surface area contributed by atoms with Gasteiger partial charge in [-0.1, -0.05) is 99.4 Å². The number of alkyl halides is 6. The molecule has 2 aliphatic rings. The van der Waals surface area contributed by atoms with Gasteiger partial charge in [-0.25, -0.2) is 9.79 Å². The van der Waals surface area contributed by atoms with Crippen molar-refractivity contribution in [3.63, 3.8) is 0 Å². The number of ether oxygens (including phenoxy) is 2. The summed E-state index contributed by atoms with van der Waals surface area (Å²) in [6.45, 7) is 0.201. The van der Waals surface area contributed by atoms with Crippen LogP contribution in [0.1, 0.15) is 24.0 Å². The minimum Gasteiger partial charge on any atom is -0.623 e. The van der Waals surface area contributed by atoms with Gasteiger partial charge in [0.15, 0.2) is 5.84 Å². The molecule has 0 unspecified atom stereocenters. The van der Waals surface area contributed by atoms with E-state index >= 15 is 0 Å². The zero-order valence-electron chi connectivity index (χ0n) is 19.6. The van der Waals surface area contributed by atoms with Crippen LogP contribution in [0.15, 0.2) is 53.5 Å². The lowest BCUT2D eigenvalue weighted by Crippen LogP contribution is -2.33. The second kappa shape index (κ2) is 13.8. The Balaban J connectivity index is 0.000000247. The Kier molecular flexibility index (Phi) is 11.4. The van der Waals surface area contributed by atoms with Crippen LogP contribution in [0.3, 0.4) is 0 Å². The van der Waals surface area contributed by atoms with E-state index in [1.807, 2.05) is 48.5 Å². The Labute approximate surface area is 255 Å². The summed E-state index contributed by atoms with van der Waals surface area (Å²) in [6.07, 6.45) is 1.44. The molecule has 1 fully saturated rings. The highest BCUT2D eigenvalue weighted by Gasteiger charge is 2.27. The quantitative estimate of drug-likeness (QED) is 0.154. The smallest absolute Gasteiger partial charge is 0.508 e. The molecule has 0 amide bonds. The van der Waals surface area contributed by atoms with Crippen molar-refractivity contribution in [2.45, 2.75) is 20.4 Å². The average molecular weight is 665 g/mol. The Bertz CT molecular complexity index is 1160. The highest BCUT2D eigenvalue weighted by Crippen LogP contribution is 2.30. The summed E-state index contributed by atoms with van der Waals surface area (Å²) in [4.78, 5) is 15.4. The molecule has 38 heavy (non-hydrogen) atoms. The van der Waals surface area contributed by atoms with E-state index in [1.54, 1.807) is 0 Å². The van der Waals surface area contributed by atoms with Crippen LogP contribution in [0.4, 0.5) is 10.5 Å². The number of hydrogen-bond acceptors (Lipinski definition) is 6. The summed E-state index contributed by atoms with van der Waals surface area (Å²) in [5, 5.41) is 16.8. The molecule has 2 aromatic rings. The number of aliphatic imine (C=N–C) groups is 1. The normalized spacial score (nSPS) is 15.4. The van der Waals surface area contributed by atoms with Gasteiger partial charge < -0.3 is 20.0 Å². The van der Waals surface area contributed by atoms with Crippen LogP contribution < -0.4 is 5.32 Å². The van der Waals surface area contributed by atoms with Crippen LogP contribution >= 0.6 is 81.2 Å². The van der Waals surface area contributed by atoms with E-state index in [-0.39, 0.29) is 6.54 Å². The number of benzene rings is 2. The van der Waals surface area contributed by atoms with Gasteiger partial charge in [-0.15, -0.1) is 0 Å². The molecular formula is C24H22Cl7N3O4. The molecule has 206 valence electrons. The number of hydrogen-bond donors (Lipinski definition) is 1. The molecule has 1 aliphatic carbocycles. The van der Waals surface area contributed by atoms with E-state index in [0.717, 1.165) is 34.0 Å². The van der Waals surface area contributed by atoms with Crippen molar-refractivity contribution in [3.8, 4) is 0 Å². The summed E-state index contributed by atoms with van der Waals surface area (Å²) in [6, 6.07) is 15.2. The minimum absolute atomic E-state index is 0.212. The third-order valence-electron chi connectivity index (χ3n) is 5.06. The van der Waals surface area contributed by atoms with Gasteiger partial charge >= 0.3 is 6.16 Å². The lowest BCUT2D eigenvalue weighted by atomic mass is 10.0. The molecule has 0 spiro atoms. The molecule has 1 N–H and O–H groups in total. The predicted molar refractivity (Wildman–Crippen MR) is 155 cm³/mol. The summed E-state index contributed by atoms with van der Waals surface area (Å²) >= 11 is 37.9. The van der Waals surface area contributed by atoms with Crippen molar-refractivity contribution in [1.82, 2.24) is 5.32 Å². The van der Waals surface area contributed by atoms with Gasteiger partial charge in [-0.05, 0) is 49.1 Å². The fourth-order valence-corrected chi connectivity index (χ4v) is 3.72. The molecule has 1 aliphatic heterocycles. The summed E-state index contributed by atoms with van der Waals surface area (Å²) in [5.41, 5.74) is 3.02. The van der Waals surface area contributed by atoms with E-state index in [1.165, 1.54) is 12.8 Å². The van der Waals surface area contributed by atoms with E-state index in [4.69, 9.17) is 86.2 Å². The monoisotopic (exact) mass is 661 g/mol. The lowest BCUT2D eigenvalue weighted by molar-refractivity contribution is -0.439. The number of halogens is 7. The summed E-state index contributed by atoms with van der Waals surface area (Å²) < 4.78 is 6.36. The number of nitrogens with zero attached hydrogens (tertiary/aromatic N) is 2. The zero-order chi connectivity index (χ0) is 27.9. The number of amidine groups is 1. The molecule has 1 heterocycles. The topological polar surface area (TPSA) is 86.0 Å². The van der Waals surface area contributed by atoms with Crippen molar-refractivity contribution in [3.05, 3.63) is 69.9 Å². The lowest BCUT2D eigenvalue weighted by Gasteiger charge is -2.13. The van der Waals surface area contributed by atoms with Crippen LogP contribution in [0.5, 0.6) is 0 Å². The fraction of sp³-hybridized carbons (Fsp3) is 0.375. The highest BCUT2D eigenvalue weighted by atomic mass is 35.6. The molecule has 0 bridgehead atoms. The first-order valence-electron chi connectivity index (χ1n) is 11.2. The molecule has 0 aromatic heterocycles. The molecule has 0 saturated heterocycles. The summed E-state index contributed by atoms with van der Waals surface area (Å²) in [5.74, 6) is 1.43. The van der Waals surface area contributed by atoms with Crippen LogP contribution in [0.2, 0.25) is 5.02 Å². The fourth-order valence-electron chi connectivity index (χ4n) is 3.22. The third kappa shape index (κ3) is 11.0. The van der Waals surface area contributed by atoms with Gasteiger partial charge in [-0.2, -0.15) is 4.74 Å². The third-order valence-corrected chi connectivity index (χ3v) is 5.95. The first-order chi connectivity index (χ1) is 17.8. The van der Waals surface area contributed by atoms with E-state index < -0.39 is 27.0 Å². The number of carbonyl (C=O) groups excluding carboxylic acids is 1. The maximum absolute atomic E-state index is 12.9. The van der Waals surface area contributed by atoms with E-state index in [9.17, 15) is 10.0 Å². The second-order valence-corrected chi connectivity index (χ2v) is 13.8. The number of rotatable bonds is 5. The SMILES string of the molecule is O=C(OCC(Cl)(Cl)Cl)OCC(Cl)(Cl)Cl.[O-][N+]1=C(c2ccccc2)c2cc(Cl)ccc2N=C(NCC2CC2)C1. The Morgan fingerprint density at radius 2 is 1.61 bits per heavy atom. The van der Waals surface area contributed by atoms with Crippen molar-refractivity contribution in [2.24, 2.45) is 10.9 Å². The molecule has 2 aromatic carbocycles. The van der Waals surface area contributed by atoms with E-state index in [2.05, 4.69) is 14.8 Å². The maximum atomic E-state index is 12.9. The number of fused-ring (bicyclic) bond motifs is 1. The minimum atomic E-state index is -1.70. The highest BCUT2D eigenvalue weighted by molar-refractivity contribution is 6.68. The predicted octanol–water partition coefficient (Wildman–Crippen LogP) is 7.61. The Hall–Kier alpha value is -1.32. The maximum Gasteiger partial charge on any atom is 0.508 e. The van der Waals surface area contributed by atoms with Crippen LogP contribution in [0.25, 0.3) is 0 Å². The van der Waals surface area contributed by atoms with Gasteiger partial charge in [0, 0.05) is 17.1 Å². The Morgan fingerprint density at radius 1 is 1.00 bits per heavy atom. The van der Waals surface area contributed by atoms with Crippen molar-refractivity contribution >= 4 is 105 Å². The molecule has 0 radical (unpaired) electrons. The van der Waals surface area contributed by atoms with Gasteiger partial charge in [0.25, 0.3) is 0 Å². The van der Waals surface area contributed by atoms with Crippen molar-refractivity contribution < 1.29 is 19.0 Å². The number of nitrogens with one attached hydrogen (secondary N) is 1. The summed E-state index contributed by atoms with van der Waals surface area (Å²) in [7, 11) is 0. The standard InChI is InChI=1S/C19H18ClN3O.C5H4Cl6O3/c20-15-8-9-17-16(10-15)19(14-4-2-1-3-5-14)23(24)12-18(22-17)21-11-13-6-7-13;6-4(7,8)1-13-3(12)14-2-5(9,10)11/h1-5,8-10,13H,6-7,11-12H2,(H,21,22);1-2H2. The molecule has 0 atom stereocenters. The average Bonchev–Trinajstić information content (AvgIpc) is 3.67. The zero-order valence-corrected chi connectivity index (χ0v) is 24.9. The number of hydroxylamine groups is 1. The number of carbonyl (C=O) groups is 1. The van der Waals surface area contributed by atoms with Gasteiger partial charge in [0.05, 0.1) is 11.3 Å². The Morgan fingerprint density at radius 3 is 2.16 bits per heavy atom. The van der Waals surface area contributed by atoms with Crippen LogP contribution in [-0.4, -0.2) is 56.3 Å². The van der Waals surface area contributed by atoms with Gasteiger partial charge in [0.2, 0.25) is 19.8 Å². The van der Waals surface area contributed by atoms with Gasteiger partial charge in [-0.3, -0.25) is 0 Å². The molecular weight excluding hydrogens is 642 g/mol. The van der Waals surface area contributed by atoms with Crippen molar-refractivity contribution in [2.75, 3.05) is 26.3 Å². The molecule has 1 saturated carbocycles. The molecule has 7 nitrogen and oxygen atoms in total. The second-order valence-electron chi connectivity index (χ2n) is 8.35. The first kappa shape index (κ1) is 31.2. The van der Waals surface area contributed by atoms with Crippen molar-refractivity contribution in [1.29, 1.82) is 0 Å². The van der Waals surface area contributed by atoms with Crippen LogP contribution in [0, 0.1) is 11.1 Å².